The number of hydrogen-bond acceptors (Lipinski definition) is 2. The van der Waals surface area contributed by atoms with Gasteiger partial charge in [-0.3, -0.25) is 5.10 Å². The molecule has 20 heavy (non-hydrogen) atoms. The minimum Gasteiger partial charge on any atom is -0.357 e. The summed E-state index contributed by atoms with van der Waals surface area (Å²) in [7, 11) is 2.04. The predicted molar refractivity (Wildman–Crippen MR) is 81.3 cm³/mol. The third kappa shape index (κ3) is 4.12. The minimum atomic E-state index is 0.599. The van der Waals surface area contributed by atoms with Gasteiger partial charge >= 0.3 is 0 Å². The smallest absolute Gasteiger partial charge is 0.194 e. The second-order valence-electron chi connectivity index (χ2n) is 4.59. The third-order valence-corrected chi connectivity index (χ3v) is 2.92. The van der Waals surface area contributed by atoms with Crippen molar-refractivity contribution in [3.8, 4) is 0 Å². The first-order valence-electron chi connectivity index (χ1n) is 6.81. The molecule has 0 saturated carbocycles. The monoisotopic (exact) mass is 271 g/mol. The molecule has 0 aliphatic rings. The molecule has 0 aliphatic heterocycles. The van der Waals surface area contributed by atoms with Gasteiger partial charge in [0.25, 0.3) is 0 Å². The van der Waals surface area contributed by atoms with Gasteiger partial charge < -0.3 is 10.2 Å². The largest absolute Gasteiger partial charge is 0.357 e. The summed E-state index contributed by atoms with van der Waals surface area (Å²) >= 11 is 0. The van der Waals surface area contributed by atoms with E-state index in [4.69, 9.17) is 0 Å². The molecule has 0 fully saturated rings. The zero-order valence-electron chi connectivity index (χ0n) is 12.0. The maximum absolute atomic E-state index is 4.61. The fraction of sp³-hybridized carbons (Fsp3) is 0.333. The number of benzene rings is 1. The van der Waals surface area contributed by atoms with E-state index in [1.54, 1.807) is 6.20 Å². The first kappa shape index (κ1) is 14.1. The van der Waals surface area contributed by atoms with Crippen LogP contribution in [0.25, 0.3) is 0 Å². The van der Waals surface area contributed by atoms with Gasteiger partial charge in [0.05, 0.1) is 12.2 Å². The Morgan fingerprint density at radius 1 is 1.30 bits per heavy atom. The molecule has 106 valence electrons. The molecule has 0 amide bonds. The van der Waals surface area contributed by atoms with Crippen LogP contribution in [0.1, 0.15) is 18.2 Å². The Labute approximate surface area is 119 Å². The van der Waals surface area contributed by atoms with E-state index >= 15 is 0 Å². The van der Waals surface area contributed by atoms with Crippen molar-refractivity contribution in [2.45, 2.75) is 20.0 Å². The van der Waals surface area contributed by atoms with E-state index in [0.717, 1.165) is 24.7 Å². The van der Waals surface area contributed by atoms with E-state index < -0.39 is 0 Å². The zero-order valence-corrected chi connectivity index (χ0v) is 12.0. The van der Waals surface area contributed by atoms with E-state index in [1.165, 1.54) is 5.56 Å². The van der Waals surface area contributed by atoms with Crippen LogP contribution in [-0.4, -0.2) is 34.6 Å². The van der Waals surface area contributed by atoms with E-state index in [-0.39, 0.29) is 0 Å². The van der Waals surface area contributed by atoms with Gasteiger partial charge in [0.1, 0.15) is 0 Å². The molecule has 2 rings (SSSR count). The lowest BCUT2D eigenvalue weighted by Crippen LogP contribution is -2.38. The van der Waals surface area contributed by atoms with Gasteiger partial charge in [-0.2, -0.15) is 5.10 Å². The Hall–Kier alpha value is -2.30. The van der Waals surface area contributed by atoms with Crippen LogP contribution in [-0.2, 0) is 13.1 Å². The van der Waals surface area contributed by atoms with Crippen molar-refractivity contribution in [3.05, 3.63) is 53.9 Å². The van der Waals surface area contributed by atoms with Crippen molar-refractivity contribution >= 4 is 5.96 Å². The number of guanidine groups is 1. The van der Waals surface area contributed by atoms with Gasteiger partial charge in [-0.05, 0) is 18.6 Å². The average Bonchev–Trinajstić information content (AvgIpc) is 2.97. The second kappa shape index (κ2) is 7.33. The number of H-pyrrole nitrogens is 1. The fourth-order valence-electron chi connectivity index (χ4n) is 1.93. The molecular formula is C15H21N5. The number of hydrogen-bond donors (Lipinski definition) is 2. The summed E-state index contributed by atoms with van der Waals surface area (Å²) in [5, 5.41) is 10.2. The number of rotatable bonds is 5. The number of aromatic nitrogens is 2. The molecule has 5 nitrogen and oxygen atoms in total. The van der Waals surface area contributed by atoms with Crippen molar-refractivity contribution in [3.63, 3.8) is 0 Å². The molecule has 0 spiro atoms. The molecule has 0 radical (unpaired) electrons. The summed E-state index contributed by atoms with van der Waals surface area (Å²) in [6.45, 7) is 4.35. The van der Waals surface area contributed by atoms with E-state index in [0.29, 0.717) is 6.54 Å². The first-order chi connectivity index (χ1) is 9.79. The van der Waals surface area contributed by atoms with Crippen LogP contribution in [0.2, 0.25) is 0 Å². The maximum atomic E-state index is 4.61. The number of nitrogens with zero attached hydrogens (tertiary/aromatic N) is 3. The van der Waals surface area contributed by atoms with Crippen LogP contribution in [0.4, 0.5) is 0 Å². The lowest BCUT2D eigenvalue weighted by atomic mass is 10.2. The highest BCUT2D eigenvalue weighted by Gasteiger charge is 2.06. The first-order valence-corrected chi connectivity index (χ1v) is 6.81. The van der Waals surface area contributed by atoms with E-state index in [1.807, 2.05) is 19.2 Å². The van der Waals surface area contributed by atoms with Gasteiger partial charge in [-0.25, -0.2) is 4.99 Å². The number of aromatic amines is 1. The Morgan fingerprint density at radius 3 is 2.75 bits per heavy atom. The Balaban J connectivity index is 2.01. The molecule has 2 aromatic rings. The Bertz CT molecular complexity index is 518. The summed E-state index contributed by atoms with van der Waals surface area (Å²) in [5.41, 5.74) is 2.27. The van der Waals surface area contributed by atoms with Crippen LogP contribution in [0.3, 0.4) is 0 Å². The van der Waals surface area contributed by atoms with Crippen LogP contribution >= 0.6 is 0 Å². The summed E-state index contributed by atoms with van der Waals surface area (Å²) in [6, 6.07) is 12.3. The zero-order chi connectivity index (χ0) is 14.2. The molecular weight excluding hydrogens is 250 g/mol. The molecule has 0 unspecified atom stereocenters. The molecule has 2 N–H and O–H groups in total. The highest BCUT2D eigenvalue weighted by Crippen LogP contribution is 2.03. The molecule has 1 heterocycles. The Kier molecular flexibility index (Phi) is 5.17. The summed E-state index contributed by atoms with van der Waals surface area (Å²) in [5.74, 6) is 0.894. The van der Waals surface area contributed by atoms with Crippen LogP contribution in [0.15, 0.2) is 47.6 Å². The second-order valence-corrected chi connectivity index (χ2v) is 4.59. The van der Waals surface area contributed by atoms with Crippen molar-refractivity contribution in [1.82, 2.24) is 20.4 Å². The molecule has 1 aromatic carbocycles. The van der Waals surface area contributed by atoms with Gasteiger partial charge in [0.15, 0.2) is 5.96 Å². The average molecular weight is 271 g/mol. The lowest BCUT2D eigenvalue weighted by Gasteiger charge is -2.22. The standard InChI is InChI=1S/C15H21N5/c1-3-16-15(17-11-14-9-10-18-19-14)20(2)12-13-7-5-4-6-8-13/h4-10H,3,11-12H2,1-2H3,(H,16,17)(H,18,19). The summed E-state index contributed by atoms with van der Waals surface area (Å²) in [4.78, 5) is 6.73. The third-order valence-electron chi connectivity index (χ3n) is 2.92. The molecule has 1 aromatic heterocycles. The highest BCUT2D eigenvalue weighted by molar-refractivity contribution is 5.79. The minimum absolute atomic E-state index is 0.599. The predicted octanol–water partition coefficient (Wildman–Crippen LogP) is 2.01. The number of nitrogens with one attached hydrogen (secondary N) is 2. The summed E-state index contributed by atoms with van der Waals surface area (Å²) < 4.78 is 0. The van der Waals surface area contributed by atoms with Crippen molar-refractivity contribution in [2.24, 2.45) is 4.99 Å². The fourth-order valence-corrected chi connectivity index (χ4v) is 1.93. The number of aliphatic imine (C=N–C) groups is 1. The van der Waals surface area contributed by atoms with Crippen LogP contribution in [0.5, 0.6) is 0 Å². The van der Waals surface area contributed by atoms with Crippen molar-refractivity contribution in [1.29, 1.82) is 0 Å². The topological polar surface area (TPSA) is 56.3 Å². The van der Waals surface area contributed by atoms with Crippen molar-refractivity contribution < 1.29 is 0 Å². The van der Waals surface area contributed by atoms with E-state index in [9.17, 15) is 0 Å². The van der Waals surface area contributed by atoms with Crippen LogP contribution in [0, 0.1) is 0 Å². The quantitative estimate of drug-likeness (QED) is 0.646. The summed E-state index contributed by atoms with van der Waals surface area (Å²) in [6.07, 6.45) is 1.74. The normalized spacial score (nSPS) is 11.4. The maximum Gasteiger partial charge on any atom is 0.194 e. The molecule has 5 heteroatoms. The molecule has 0 bridgehead atoms. The highest BCUT2D eigenvalue weighted by atomic mass is 15.3. The molecule has 0 atom stereocenters. The van der Waals surface area contributed by atoms with Gasteiger partial charge in [0.2, 0.25) is 0 Å². The lowest BCUT2D eigenvalue weighted by molar-refractivity contribution is 0.476. The van der Waals surface area contributed by atoms with E-state index in [2.05, 4.69) is 56.6 Å². The van der Waals surface area contributed by atoms with Crippen molar-refractivity contribution in [2.75, 3.05) is 13.6 Å². The SMILES string of the molecule is CCNC(=NCc1ccn[nH]1)N(C)Cc1ccccc1. The van der Waals surface area contributed by atoms with Gasteiger partial charge in [-0.15, -0.1) is 0 Å². The molecule has 0 saturated heterocycles. The van der Waals surface area contributed by atoms with Crippen LogP contribution < -0.4 is 5.32 Å². The Morgan fingerprint density at radius 2 is 2.10 bits per heavy atom. The molecule has 0 aliphatic carbocycles. The van der Waals surface area contributed by atoms with Gasteiger partial charge in [-0.1, -0.05) is 30.3 Å². The van der Waals surface area contributed by atoms with Gasteiger partial charge in [0, 0.05) is 26.3 Å².